The molecule has 0 aliphatic carbocycles. The van der Waals surface area contributed by atoms with Gasteiger partial charge >= 0.3 is 6.18 Å². The molecular formula is C23H16F4N2O2S. The van der Waals surface area contributed by atoms with Gasteiger partial charge in [-0.25, -0.2) is 4.39 Å². The lowest BCUT2D eigenvalue weighted by molar-refractivity contribution is -0.137. The van der Waals surface area contributed by atoms with Crippen LogP contribution in [0.15, 0.2) is 72.8 Å². The molecular weight excluding hydrogens is 444 g/mol. The smallest absolute Gasteiger partial charge is 0.322 e. The van der Waals surface area contributed by atoms with Crippen LogP contribution in [0.25, 0.3) is 0 Å². The number of nitrogens with one attached hydrogen (secondary N) is 1. The summed E-state index contributed by atoms with van der Waals surface area (Å²) in [6, 6.07) is 16.6. The molecule has 1 saturated heterocycles. The van der Waals surface area contributed by atoms with Crippen LogP contribution < -0.4 is 10.2 Å². The SMILES string of the molecule is O=C(Nc1cccc([C@@H]2SCC(=O)N2c2ccccc2F)c1)c1ccc(C(F)(F)F)cc1. The van der Waals surface area contributed by atoms with Crippen molar-refractivity contribution in [2.75, 3.05) is 16.0 Å². The summed E-state index contributed by atoms with van der Waals surface area (Å²) in [5, 5.41) is 2.17. The topological polar surface area (TPSA) is 49.4 Å². The van der Waals surface area contributed by atoms with Gasteiger partial charge in [-0.2, -0.15) is 13.2 Å². The van der Waals surface area contributed by atoms with Crippen LogP contribution in [0.3, 0.4) is 0 Å². The van der Waals surface area contributed by atoms with Gasteiger partial charge in [-0.05, 0) is 54.1 Å². The van der Waals surface area contributed by atoms with E-state index < -0.39 is 28.8 Å². The lowest BCUT2D eigenvalue weighted by atomic mass is 10.1. The lowest BCUT2D eigenvalue weighted by Crippen LogP contribution is -2.28. The van der Waals surface area contributed by atoms with Gasteiger partial charge in [-0.1, -0.05) is 24.3 Å². The number of rotatable bonds is 4. The van der Waals surface area contributed by atoms with E-state index in [0.717, 1.165) is 24.3 Å². The number of anilines is 2. The van der Waals surface area contributed by atoms with E-state index >= 15 is 0 Å². The average Bonchev–Trinajstić information content (AvgIpc) is 3.15. The van der Waals surface area contributed by atoms with E-state index in [9.17, 15) is 27.2 Å². The van der Waals surface area contributed by atoms with Crippen LogP contribution in [0.5, 0.6) is 0 Å². The molecule has 1 atom stereocenters. The Labute approximate surface area is 185 Å². The predicted octanol–water partition coefficient (Wildman–Crippen LogP) is 5.88. The number of nitrogens with zero attached hydrogens (tertiary/aromatic N) is 1. The monoisotopic (exact) mass is 460 g/mol. The quantitative estimate of drug-likeness (QED) is 0.495. The highest BCUT2D eigenvalue weighted by atomic mass is 32.2. The number of carbonyl (C=O) groups is 2. The summed E-state index contributed by atoms with van der Waals surface area (Å²) in [5.74, 6) is -1.14. The predicted molar refractivity (Wildman–Crippen MR) is 115 cm³/mol. The van der Waals surface area contributed by atoms with Crippen molar-refractivity contribution in [1.29, 1.82) is 0 Å². The molecule has 0 saturated carbocycles. The van der Waals surface area contributed by atoms with Crippen molar-refractivity contribution in [3.63, 3.8) is 0 Å². The minimum absolute atomic E-state index is 0.0711. The zero-order chi connectivity index (χ0) is 22.9. The zero-order valence-corrected chi connectivity index (χ0v) is 17.2. The van der Waals surface area contributed by atoms with Gasteiger partial charge in [0.05, 0.1) is 17.0 Å². The van der Waals surface area contributed by atoms with Crippen molar-refractivity contribution >= 4 is 35.0 Å². The molecule has 3 aromatic rings. The fourth-order valence-corrected chi connectivity index (χ4v) is 4.52. The van der Waals surface area contributed by atoms with Crippen LogP contribution in [0, 0.1) is 5.82 Å². The lowest BCUT2D eigenvalue weighted by Gasteiger charge is -2.25. The molecule has 1 heterocycles. The number of carbonyl (C=O) groups excluding carboxylic acids is 2. The average molecular weight is 460 g/mol. The van der Waals surface area contributed by atoms with Crippen molar-refractivity contribution in [3.05, 3.63) is 95.3 Å². The first-order chi connectivity index (χ1) is 15.2. The molecule has 0 radical (unpaired) electrons. The Balaban J connectivity index is 1.55. The minimum Gasteiger partial charge on any atom is -0.322 e. The number of thioether (sulfide) groups is 1. The van der Waals surface area contributed by atoms with Crippen molar-refractivity contribution < 1.29 is 27.2 Å². The molecule has 4 rings (SSSR count). The molecule has 3 aromatic carbocycles. The molecule has 0 unspecified atom stereocenters. The largest absolute Gasteiger partial charge is 0.416 e. The highest BCUT2D eigenvalue weighted by Crippen LogP contribution is 2.43. The Kier molecular flexibility index (Phi) is 5.92. The molecule has 1 aliphatic rings. The van der Waals surface area contributed by atoms with Gasteiger partial charge in [0.25, 0.3) is 5.91 Å². The van der Waals surface area contributed by atoms with Gasteiger partial charge in [0.1, 0.15) is 11.2 Å². The Morgan fingerprint density at radius 3 is 2.41 bits per heavy atom. The van der Waals surface area contributed by atoms with E-state index in [0.29, 0.717) is 11.3 Å². The first-order valence-electron chi connectivity index (χ1n) is 9.51. The fourth-order valence-electron chi connectivity index (χ4n) is 3.36. The number of para-hydroxylation sites is 1. The van der Waals surface area contributed by atoms with Gasteiger partial charge in [0.15, 0.2) is 0 Å². The summed E-state index contributed by atoms with van der Waals surface area (Å²) < 4.78 is 52.5. The standard InChI is InChI=1S/C23H16F4N2O2S/c24-18-6-1-2-7-19(18)29-20(30)13-32-22(29)15-4-3-5-17(12-15)28-21(31)14-8-10-16(11-9-14)23(25,26)27/h1-12,22H,13H2,(H,28,31)/t22-/m0/s1. The second-order valence-corrected chi connectivity index (χ2v) is 8.10. The van der Waals surface area contributed by atoms with Gasteiger partial charge < -0.3 is 5.32 Å². The summed E-state index contributed by atoms with van der Waals surface area (Å²) in [5.41, 5.74) is 0.482. The Morgan fingerprint density at radius 1 is 1.00 bits per heavy atom. The van der Waals surface area contributed by atoms with E-state index in [2.05, 4.69) is 5.32 Å². The molecule has 1 fully saturated rings. The maximum Gasteiger partial charge on any atom is 0.416 e. The number of benzene rings is 3. The molecule has 164 valence electrons. The molecule has 9 heteroatoms. The van der Waals surface area contributed by atoms with Crippen molar-refractivity contribution in [2.45, 2.75) is 11.6 Å². The summed E-state index contributed by atoms with van der Waals surface area (Å²) in [4.78, 5) is 26.3. The van der Waals surface area contributed by atoms with E-state index in [4.69, 9.17) is 0 Å². The molecule has 1 aliphatic heterocycles. The maximum absolute atomic E-state index is 14.3. The van der Waals surface area contributed by atoms with Gasteiger partial charge in [-0.15, -0.1) is 11.8 Å². The van der Waals surface area contributed by atoms with E-state index in [1.54, 1.807) is 36.4 Å². The fraction of sp³-hybridized carbons (Fsp3) is 0.130. The third-order valence-electron chi connectivity index (χ3n) is 4.88. The van der Waals surface area contributed by atoms with Crippen LogP contribution in [-0.4, -0.2) is 17.6 Å². The molecule has 0 aromatic heterocycles. The van der Waals surface area contributed by atoms with E-state index in [-0.39, 0.29) is 22.9 Å². The number of hydrogen-bond acceptors (Lipinski definition) is 3. The first-order valence-corrected chi connectivity index (χ1v) is 10.6. The number of hydrogen-bond donors (Lipinski definition) is 1. The molecule has 1 N–H and O–H groups in total. The number of alkyl halides is 3. The van der Waals surface area contributed by atoms with Crippen LogP contribution in [0.1, 0.15) is 26.9 Å². The van der Waals surface area contributed by atoms with Crippen LogP contribution in [0.2, 0.25) is 0 Å². The second kappa shape index (κ2) is 8.66. The van der Waals surface area contributed by atoms with Crippen LogP contribution in [-0.2, 0) is 11.0 Å². The third kappa shape index (κ3) is 4.47. The summed E-state index contributed by atoms with van der Waals surface area (Å²) in [6.07, 6.45) is -4.48. The molecule has 2 amide bonds. The zero-order valence-electron chi connectivity index (χ0n) is 16.4. The highest BCUT2D eigenvalue weighted by Gasteiger charge is 2.35. The second-order valence-electron chi connectivity index (χ2n) is 7.03. The highest BCUT2D eigenvalue weighted by molar-refractivity contribution is 8.00. The number of amides is 2. The first kappa shape index (κ1) is 21.9. The molecule has 4 nitrogen and oxygen atoms in total. The van der Waals surface area contributed by atoms with E-state index in [1.807, 2.05) is 0 Å². The minimum atomic E-state index is -4.48. The van der Waals surface area contributed by atoms with Crippen molar-refractivity contribution in [1.82, 2.24) is 0 Å². The normalized spacial score (nSPS) is 16.3. The van der Waals surface area contributed by atoms with Gasteiger partial charge in [-0.3, -0.25) is 14.5 Å². The summed E-state index contributed by atoms with van der Waals surface area (Å²) in [6.45, 7) is 0. The van der Waals surface area contributed by atoms with Crippen LogP contribution >= 0.6 is 11.8 Å². The summed E-state index contributed by atoms with van der Waals surface area (Å²) >= 11 is 1.33. The van der Waals surface area contributed by atoms with Crippen LogP contribution in [0.4, 0.5) is 28.9 Å². The molecule has 32 heavy (non-hydrogen) atoms. The van der Waals surface area contributed by atoms with Gasteiger partial charge in [0.2, 0.25) is 5.91 Å². The van der Waals surface area contributed by atoms with Gasteiger partial charge in [0, 0.05) is 11.3 Å². The Bertz CT molecular complexity index is 1170. The Hall–Kier alpha value is -3.33. The number of halogens is 4. The summed E-state index contributed by atoms with van der Waals surface area (Å²) in [7, 11) is 0. The maximum atomic E-state index is 14.3. The third-order valence-corrected chi connectivity index (χ3v) is 6.10. The molecule has 0 bridgehead atoms. The Morgan fingerprint density at radius 2 is 1.72 bits per heavy atom. The van der Waals surface area contributed by atoms with Crippen molar-refractivity contribution in [2.24, 2.45) is 0 Å². The van der Waals surface area contributed by atoms with Crippen molar-refractivity contribution in [3.8, 4) is 0 Å². The van der Waals surface area contributed by atoms with E-state index in [1.165, 1.54) is 28.8 Å². The molecule has 0 spiro atoms.